The molecule has 0 saturated carbocycles. The second-order valence-corrected chi connectivity index (χ2v) is 3.73. The Hall–Kier alpha value is -1.33. The third-order valence-electron chi connectivity index (χ3n) is 2.63. The second-order valence-electron chi connectivity index (χ2n) is 3.73. The van der Waals surface area contributed by atoms with Crippen molar-refractivity contribution in [1.82, 2.24) is 0 Å². The number of ether oxygens (including phenoxy) is 1. The molecule has 1 aromatic rings. The van der Waals surface area contributed by atoms with E-state index in [1.54, 1.807) is 0 Å². The van der Waals surface area contributed by atoms with Gasteiger partial charge in [-0.15, -0.1) is 0 Å². The van der Waals surface area contributed by atoms with Crippen molar-refractivity contribution in [2.75, 3.05) is 6.61 Å². The summed E-state index contributed by atoms with van der Waals surface area (Å²) in [6.45, 7) is 2.76. The van der Waals surface area contributed by atoms with Crippen LogP contribution in [0, 0.1) is 24.2 Å². The highest BCUT2D eigenvalue weighted by atomic mass is 16.5. The number of benzene rings is 1. The van der Waals surface area contributed by atoms with Crippen LogP contribution in [0.3, 0.4) is 0 Å². The van der Waals surface area contributed by atoms with Gasteiger partial charge in [-0.2, -0.15) is 5.26 Å². The van der Waals surface area contributed by atoms with E-state index in [9.17, 15) is 0 Å². The van der Waals surface area contributed by atoms with Gasteiger partial charge in [-0.05, 0) is 18.9 Å². The Morgan fingerprint density at radius 2 is 2.36 bits per heavy atom. The van der Waals surface area contributed by atoms with Crippen molar-refractivity contribution in [3.8, 4) is 6.07 Å². The van der Waals surface area contributed by atoms with Crippen molar-refractivity contribution >= 4 is 0 Å². The van der Waals surface area contributed by atoms with Crippen LogP contribution in [0.5, 0.6) is 0 Å². The molecule has 0 spiro atoms. The van der Waals surface area contributed by atoms with Crippen molar-refractivity contribution in [2.24, 2.45) is 5.92 Å². The van der Waals surface area contributed by atoms with E-state index in [4.69, 9.17) is 10.00 Å². The summed E-state index contributed by atoms with van der Waals surface area (Å²) in [7, 11) is 0. The van der Waals surface area contributed by atoms with Gasteiger partial charge in [0, 0.05) is 6.61 Å². The maximum atomic E-state index is 8.94. The quantitative estimate of drug-likeness (QED) is 0.677. The van der Waals surface area contributed by atoms with E-state index in [1.165, 1.54) is 5.56 Å². The van der Waals surface area contributed by atoms with Crippen LogP contribution >= 0.6 is 0 Å². The van der Waals surface area contributed by atoms with E-state index >= 15 is 0 Å². The third-order valence-corrected chi connectivity index (χ3v) is 2.63. The zero-order chi connectivity index (χ0) is 9.97. The maximum Gasteiger partial charge on any atom is 0.0983 e. The van der Waals surface area contributed by atoms with E-state index in [0.29, 0.717) is 6.61 Å². The van der Waals surface area contributed by atoms with Crippen LogP contribution in [0.15, 0.2) is 24.3 Å². The summed E-state index contributed by atoms with van der Waals surface area (Å²) < 4.78 is 5.58. The Morgan fingerprint density at radius 1 is 1.50 bits per heavy atom. The molecular formula is C12H13NO. The molecule has 2 rings (SSSR count). The third kappa shape index (κ3) is 1.64. The van der Waals surface area contributed by atoms with Crippen molar-refractivity contribution < 1.29 is 4.74 Å². The summed E-state index contributed by atoms with van der Waals surface area (Å²) in [5, 5.41) is 8.94. The summed E-state index contributed by atoms with van der Waals surface area (Å²) in [5.74, 6) is 0.0248. The topological polar surface area (TPSA) is 33.0 Å². The summed E-state index contributed by atoms with van der Waals surface area (Å²) in [6, 6.07) is 10.5. The summed E-state index contributed by atoms with van der Waals surface area (Å²) >= 11 is 0. The SMILES string of the molecule is Cc1cccc(C2OCCC2C#N)c1. The highest BCUT2D eigenvalue weighted by Crippen LogP contribution is 2.34. The first-order chi connectivity index (χ1) is 6.81. The zero-order valence-corrected chi connectivity index (χ0v) is 8.23. The Bertz CT molecular complexity index is 367. The van der Waals surface area contributed by atoms with Crippen molar-refractivity contribution in [3.05, 3.63) is 35.4 Å². The highest BCUT2D eigenvalue weighted by molar-refractivity contribution is 5.26. The lowest BCUT2D eigenvalue weighted by Gasteiger charge is -2.13. The van der Waals surface area contributed by atoms with Gasteiger partial charge in [-0.3, -0.25) is 0 Å². The first-order valence-electron chi connectivity index (χ1n) is 4.89. The molecule has 0 aliphatic carbocycles. The highest BCUT2D eigenvalue weighted by Gasteiger charge is 2.29. The molecule has 1 heterocycles. The molecule has 2 heteroatoms. The van der Waals surface area contributed by atoms with Gasteiger partial charge in [0.2, 0.25) is 0 Å². The standard InChI is InChI=1S/C12H13NO/c1-9-3-2-4-10(7-9)12-11(8-13)5-6-14-12/h2-4,7,11-12H,5-6H2,1H3. The fourth-order valence-electron chi connectivity index (χ4n) is 1.90. The minimum absolute atomic E-state index is 0.0140. The summed E-state index contributed by atoms with van der Waals surface area (Å²) in [4.78, 5) is 0. The Morgan fingerprint density at radius 3 is 3.07 bits per heavy atom. The molecule has 1 saturated heterocycles. The fraction of sp³-hybridized carbons (Fsp3) is 0.417. The molecule has 0 radical (unpaired) electrons. The first-order valence-corrected chi connectivity index (χ1v) is 4.89. The van der Waals surface area contributed by atoms with Crippen molar-refractivity contribution in [2.45, 2.75) is 19.4 Å². The van der Waals surface area contributed by atoms with Crippen LogP contribution in [-0.4, -0.2) is 6.61 Å². The van der Waals surface area contributed by atoms with Crippen LogP contribution in [0.1, 0.15) is 23.7 Å². The molecule has 14 heavy (non-hydrogen) atoms. The van der Waals surface area contributed by atoms with E-state index < -0.39 is 0 Å². The van der Waals surface area contributed by atoms with E-state index in [-0.39, 0.29) is 12.0 Å². The zero-order valence-electron chi connectivity index (χ0n) is 8.23. The van der Waals surface area contributed by atoms with Gasteiger partial charge < -0.3 is 4.74 Å². The molecular weight excluding hydrogens is 174 g/mol. The molecule has 1 aliphatic heterocycles. The fourth-order valence-corrected chi connectivity index (χ4v) is 1.90. The summed E-state index contributed by atoms with van der Waals surface area (Å²) in [5.41, 5.74) is 2.35. The molecule has 1 aromatic carbocycles. The first kappa shape index (κ1) is 9.23. The minimum atomic E-state index is -0.0140. The summed E-state index contributed by atoms with van der Waals surface area (Å²) in [6.07, 6.45) is 0.842. The van der Waals surface area contributed by atoms with Crippen LogP contribution in [-0.2, 0) is 4.74 Å². The molecule has 72 valence electrons. The van der Waals surface area contributed by atoms with Gasteiger partial charge in [-0.1, -0.05) is 29.8 Å². The van der Waals surface area contributed by atoms with Gasteiger partial charge in [0.05, 0.1) is 18.1 Å². The number of nitriles is 1. The van der Waals surface area contributed by atoms with Gasteiger partial charge in [-0.25, -0.2) is 0 Å². The molecule has 0 aromatic heterocycles. The number of hydrogen-bond donors (Lipinski definition) is 0. The molecule has 1 fully saturated rings. The number of nitrogens with zero attached hydrogens (tertiary/aromatic N) is 1. The lowest BCUT2D eigenvalue weighted by Crippen LogP contribution is -2.05. The maximum absolute atomic E-state index is 8.94. The molecule has 0 bridgehead atoms. The Kier molecular flexibility index (Phi) is 2.51. The largest absolute Gasteiger partial charge is 0.372 e. The predicted molar refractivity (Wildman–Crippen MR) is 53.6 cm³/mol. The van der Waals surface area contributed by atoms with Crippen LogP contribution < -0.4 is 0 Å². The Balaban J connectivity index is 2.27. The predicted octanol–water partition coefficient (Wildman–Crippen LogP) is 2.60. The average molecular weight is 187 g/mol. The average Bonchev–Trinajstić information content (AvgIpc) is 2.65. The van der Waals surface area contributed by atoms with E-state index in [0.717, 1.165) is 12.0 Å². The van der Waals surface area contributed by atoms with E-state index in [2.05, 4.69) is 25.1 Å². The van der Waals surface area contributed by atoms with Gasteiger partial charge in [0.15, 0.2) is 0 Å². The lowest BCUT2D eigenvalue weighted by atomic mass is 9.96. The molecule has 2 atom stereocenters. The smallest absolute Gasteiger partial charge is 0.0983 e. The monoisotopic (exact) mass is 187 g/mol. The molecule has 0 N–H and O–H groups in total. The lowest BCUT2D eigenvalue weighted by molar-refractivity contribution is 0.101. The van der Waals surface area contributed by atoms with Crippen molar-refractivity contribution in [3.63, 3.8) is 0 Å². The molecule has 2 nitrogen and oxygen atoms in total. The molecule has 0 amide bonds. The van der Waals surface area contributed by atoms with Crippen LogP contribution in [0.25, 0.3) is 0 Å². The Labute approximate surface area is 84.1 Å². The second kappa shape index (κ2) is 3.81. The number of rotatable bonds is 1. The number of aryl methyl sites for hydroxylation is 1. The van der Waals surface area contributed by atoms with E-state index in [1.807, 2.05) is 12.1 Å². The van der Waals surface area contributed by atoms with Gasteiger partial charge in [0.1, 0.15) is 0 Å². The van der Waals surface area contributed by atoms with Crippen LogP contribution in [0.4, 0.5) is 0 Å². The van der Waals surface area contributed by atoms with Gasteiger partial charge >= 0.3 is 0 Å². The van der Waals surface area contributed by atoms with Crippen LogP contribution in [0.2, 0.25) is 0 Å². The number of hydrogen-bond acceptors (Lipinski definition) is 2. The molecule has 2 unspecified atom stereocenters. The van der Waals surface area contributed by atoms with Crippen molar-refractivity contribution in [1.29, 1.82) is 5.26 Å². The molecule has 1 aliphatic rings. The minimum Gasteiger partial charge on any atom is -0.372 e. The normalized spacial score (nSPS) is 26.0. The van der Waals surface area contributed by atoms with Gasteiger partial charge in [0.25, 0.3) is 0 Å².